The van der Waals surface area contributed by atoms with Crippen molar-refractivity contribution in [2.24, 2.45) is 4.99 Å². The topological polar surface area (TPSA) is 55.8 Å². The van der Waals surface area contributed by atoms with Crippen molar-refractivity contribution in [2.45, 2.75) is 19.8 Å². The van der Waals surface area contributed by atoms with Crippen LogP contribution in [0.4, 0.5) is 5.82 Å². The minimum atomic E-state index is -0.00388. The minimum Gasteiger partial charge on any atom is -0.237 e. The van der Waals surface area contributed by atoms with Crippen LogP contribution < -0.4 is 0 Å². The molecule has 4 aromatic carbocycles. The number of para-hydroxylation sites is 3. The third kappa shape index (κ3) is 3.80. The minimum absolute atomic E-state index is 0.00388. The number of hydrogen-bond donors (Lipinski definition) is 1. The first-order valence-corrected chi connectivity index (χ1v) is 13.2. The van der Waals surface area contributed by atoms with Crippen LogP contribution in [-0.2, 0) is 0 Å². The van der Waals surface area contributed by atoms with Crippen LogP contribution in [0.25, 0.3) is 28.1 Å². The number of hydrogen-bond acceptors (Lipinski definition) is 2. The van der Waals surface area contributed by atoms with E-state index >= 15 is 0 Å². The second-order valence-corrected chi connectivity index (χ2v) is 9.81. The average Bonchev–Trinajstić information content (AvgIpc) is 3.46. The fraction of sp³-hybridized carbons (Fsp3) is 0.0909. The van der Waals surface area contributed by atoms with Gasteiger partial charge in [-0.15, -0.1) is 0 Å². The Hall–Kier alpha value is -5.10. The molecule has 1 aliphatic heterocycles. The van der Waals surface area contributed by atoms with E-state index in [-0.39, 0.29) is 5.92 Å². The predicted octanol–water partition coefficient (Wildman–Crippen LogP) is 7.61. The van der Waals surface area contributed by atoms with Gasteiger partial charge in [-0.25, -0.2) is 24.3 Å². The number of benzene rings is 4. The second-order valence-electron chi connectivity index (χ2n) is 9.81. The first-order valence-electron chi connectivity index (χ1n) is 13.2. The van der Waals surface area contributed by atoms with Crippen molar-refractivity contribution in [1.29, 1.82) is 0 Å². The lowest BCUT2D eigenvalue weighted by Gasteiger charge is -2.13. The quantitative estimate of drug-likeness (QED) is 0.262. The van der Waals surface area contributed by atoms with E-state index in [2.05, 4.69) is 119 Å². The molecule has 2 aromatic heterocycles. The molecular formula is C33H28N6. The molecule has 0 saturated heterocycles. The van der Waals surface area contributed by atoms with Crippen molar-refractivity contribution in [3.63, 3.8) is 0 Å². The third-order valence-corrected chi connectivity index (χ3v) is 7.32. The van der Waals surface area contributed by atoms with Gasteiger partial charge in [0, 0.05) is 11.3 Å². The monoisotopic (exact) mass is 508 g/mol. The van der Waals surface area contributed by atoms with E-state index < -0.39 is 0 Å². The zero-order chi connectivity index (χ0) is 26.3. The number of aromatic amines is 1. The largest absolute Gasteiger partial charge is 0.237 e. The maximum absolute atomic E-state index is 5.23. The predicted molar refractivity (Wildman–Crippen MR) is 157 cm³/mol. The molecule has 0 saturated carbocycles. The highest BCUT2D eigenvalue weighted by atomic mass is 15.5. The summed E-state index contributed by atoms with van der Waals surface area (Å²) in [6.45, 7) is 4.22. The summed E-state index contributed by atoms with van der Waals surface area (Å²) in [6, 6.07) is 41.7. The van der Waals surface area contributed by atoms with Crippen LogP contribution in [0.5, 0.6) is 0 Å². The van der Waals surface area contributed by atoms with Gasteiger partial charge < -0.3 is 0 Å². The molecule has 190 valence electrons. The van der Waals surface area contributed by atoms with E-state index in [1.54, 1.807) is 0 Å². The highest BCUT2D eigenvalue weighted by Crippen LogP contribution is 2.44. The van der Waals surface area contributed by atoms with E-state index in [9.17, 15) is 0 Å². The number of fused-ring (bicyclic) bond motifs is 3. The van der Waals surface area contributed by atoms with Crippen LogP contribution in [0.2, 0.25) is 0 Å². The highest BCUT2D eigenvalue weighted by molar-refractivity contribution is 6.04. The second kappa shape index (κ2) is 9.33. The molecule has 1 aliphatic rings. The fourth-order valence-electron chi connectivity index (χ4n) is 5.60. The normalized spacial score (nSPS) is 14.3. The number of rotatable bonds is 4. The Kier molecular flexibility index (Phi) is 5.51. The van der Waals surface area contributed by atoms with Gasteiger partial charge >= 0.3 is 0 Å². The lowest BCUT2D eigenvalue weighted by Crippen LogP contribution is -2.11. The zero-order valence-corrected chi connectivity index (χ0v) is 21.9. The summed E-state index contributed by atoms with van der Waals surface area (Å²) in [7, 11) is 0. The van der Waals surface area contributed by atoms with Gasteiger partial charge in [0.25, 0.3) is 0 Å². The molecule has 1 unspecified atom stereocenters. The number of aryl methyl sites for hydroxylation is 1. The van der Waals surface area contributed by atoms with E-state index in [0.717, 1.165) is 50.9 Å². The Morgan fingerprint density at radius 1 is 0.615 bits per heavy atom. The first-order chi connectivity index (χ1) is 19.2. The maximum atomic E-state index is 5.23. The van der Waals surface area contributed by atoms with Gasteiger partial charge in [-0.3, -0.25) is 0 Å². The van der Waals surface area contributed by atoms with Gasteiger partial charge in [-0.05, 0) is 55.8 Å². The van der Waals surface area contributed by atoms with Crippen LogP contribution in [0.3, 0.4) is 0 Å². The fourth-order valence-corrected chi connectivity index (χ4v) is 5.60. The molecule has 39 heavy (non-hydrogen) atoms. The van der Waals surface area contributed by atoms with Crippen molar-refractivity contribution in [2.75, 3.05) is 0 Å². The number of nitrogens with zero attached hydrogens (tertiary/aromatic N) is 5. The molecule has 6 aromatic rings. The van der Waals surface area contributed by atoms with Crippen molar-refractivity contribution in [3.8, 4) is 17.1 Å². The van der Waals surface area contributed by atoms with Gasteiger partial charge in [0.15, 0.2) is 11.5 Å². The number of nitrogens with one attached hydrogen (secondary N) is 1. The molecule has 0 fully saturated rings. The molecule has 0 amide bonds. The van der Waals surface area contributed by atoms with Gasteiger partial charge in [-0.2, -0.15) is 5.10 Å². The van der Waals surface area contributed by atoms with E-state index in [4.69, 9.17) is 10.1 Å². The van der Waals surface area contributed by atoms with Gasteiger partial charge in [-0.1, -0.05) is 84.9 Å². The Balaban J connectivity index is 1.71. The maximum Gasteiger partial charge on any atom is 0.165 e. The van der Waals surface area contributed by atoms with Crippen LogP contribution in [-0.4, -0.2) is 30.1 Å². The van der Waals surface area contributed by atoms with Crippen LogP contribution >= 0.6 is 0 Å². The third-order valence-electron chi connectivity index (χ3n) is 7.32. The molecule has 7 rings (SSSR count). The molecule has 6 nitrogen and oxygen atoms in total. The van der Waals surface area contributed by atoms with Gasteiger partial charge in [0.1, 0.15) is 0 Å². The Labute approximate surface area is 226 Å². The highest BCUT2D eigenvalue weighted by Gasteiger charge is 2.33. The molecule has 0 spiro atoms. The van der Waals surface area contributed by atoms with Crippen molar-refractivity contribution >= 4 is 22.6 Å². The molecule has 1 N–H and O–H groups in total. The Morgan fingerprint density at radius 2 is 1.13 bits per heavy atom. The van der Waals surface area contributed by atoms with Crippen LogP contribution in [0.15, 0.2) is 126 Å². The molecule has 0 aliphatic carbocycles. The van der Waals surface area contributed by atoms with E-state index in [1.165, 1.54) is 5.56 Å². The van der Waals surface area contributed by atoms with Gasteiger partial charge in [0.2, 0.25) is 0 Å². The molecule has 0 bridgehead atoms. The lowest BCUT2D eigenvalue weighted by atomic mass is 9.88. The summed E-state index contributed by atoms with van der Waals surface area (Å²) in [4.78, 5) is 5.23. The lowest BCUT2D eigenvalue weighted by molar-refractivity contribution is 0.684. The molecular weight excluding hydrogens is 480 g/mol. The van der Waals surface area contributed by atoms with E-state index in [1.807, 2.05) is 35.0 Å². The van der Waals surface area contributed by atoms with Crippen LogP contribution in [0.1, 0.15) is 29.7 Å². The summed E-state index contributed by atoms with van der Waals surface area (Å²) >= 11 is 0. The number of H-pyrrole nitrogens is 1. The summed E-state index contributed by atoms with van der Waals surface area (Å²) in [5, 5.41) is 9.94. The Morgan fingerprint density at radius 3 is 1.72 bits per heavy atom. The summed E-state index contributed by atoms with van der Waals surface area (Å²) in [5.41, 5.74) is 8.29. The average molecular weight is 509 g/mol. The Bertz CT molecular complexity index is 1850. The first kappa shape index (κ1) is 23.0. The zero-order valence-electron chi connectivity index (χ0n) is 21.9. The van der Waals surface area contributed by atoms with Crippen molar-refractivity contribution < 1.29 is 0 Å². The molecule has 3 heterocycles. The smallest absolute Gasteiger partial charge is 0.165 e. The van der Waals surface area contributed by atoms with Crippen molar-refractivity contribution in [1.82, 2.24) is 24.4 Å². The molecule has 0 radical (unpaired) electrons. The SMILES string of the molecule is CC1=Nc2c(c3c(C)nn(-c4ccccc4)c3n(-c3ccccc3)[nH]n2-c2ccccc2)C1c1ccccc1. The standard InChI is InChI=1S/C33H28N6/c1-23-29(25-15-7-3-8-16-25)31-30-24(2)35-38(27-19-11-5-12-20-27)33(30)39(28-21-13-6-14-22-28)36-37(32(31)34-23)26-17-9-4-10-18-26/h3-22,29,36H,1-2H3. The number of aliphatic imine (C=N–C) groups is 1. The summed E-state index contributed by atoms with van der Waals surface area (Å²) in [6.07, 6.45) is 0. The van der Waals surface area contributed by atoms with Crippen molar-refractivity contribution in [3.05, 3.63) is 138 Å². The molecule has 6 heteroatoms. The van der Waals surface area contributed by atoms with Crippen LogP contribution in [0, 0.1) is 6.92 Å². The van der Waals surface area contributed by atoms with Gasteiger partial charge in [0.05, 0.1) is 34.1 Å². The van der Waals surface area contributed by atoms with E-state index in [0.29, 0.717) is 0 Å². The number of aromatic nitrogens is 5. The molecule has 1 atom stereocenters. The summed E-state index contributed by atoms with van der Waals surface area (Å²) in [5.74, 6) is 0.874. The summed E-state index contributed by atoms with van der Waals surface area (Å²) < 4.78 is 6.27.